The van der Waals surface area contributed by atoms with E-state index in [9.17, 15) is 9.50 Å². The summed E-state index contributed by atoms with van der Waals surface area (Å²) < 4.78 is 24.9. The van der Waals surface area contributed by atoms with Crippen molar-refractivity contribution in [1.29, 1.82) is 0 Å². The van der Waals surface area contributed by atoms with Crippen LogP contribution in [-0.2, 0) is 13.2 Å². The smallest absolute Gasteiger partial charge is 0.166 e. The number of hydrogen-bond donors (Lipinski definition) is 2. The Hall–Kier alpha value is -1.82. The number of ether oxygens (including phenoxy) is 2. The van der Waals surface area contributed by atoms with Gasteiger partial charge in [0.15, 0.2) is 11.5 Å². The van der Waals surface area contributed by atoms with Gasteiger partial charge in [-0.2, -0.15) is 0 Å². The fraction of sp³-hybridized carbons (Fsp3) is 0.333. The molecule has 0 amide bonds. The SMILES string of the molecule is COc1cccc(CNCC(C)O)c1OCc1ccccc1F.Cl. The lowest BCUT2D eigenvalue weighted by Gasteiger charge is -2.16. The van der Waals surface area contributed by atoms with E-state index < -0.39 is 6.10 Å². The average molecular weight is 356 g/mol. The van der Waals surface area contributed by atoms with E-state index in [0.29, 0.717) is 30.2 Å². The van der Waals surface area contributed by atoms with Crippen molar-refractivity contribution < 1.29 is 19.0 Å². The molecule has 2 aromatic carbocycles. The number of benzene rings is 2. The molecule has 0 radical (unpaired) electrons. The van der Waals surface area contributed by atoms with Crippen LogP contribution in [0.4, 0.5) is 4.39 Å². The van der Waals surface area contributed by atoms with E-state index in [2.05, 4.69) is 5.32 Å². The van der Waals surface area contributed by atoms with Crippen molar-refractivity contribution in [1.82, 2.24) is 5.32 Å². The molecule has 132 valence electrons. The van der Waals surface area contributed by atoms with Gasteiger partial charge in [-0.05, 0) is 19.1 Å². The zero-order valence-electron chi connectivity index (χ0n) is 13.8. The van der Waals surface area contributed by atoms with Crippen molar-refractivity contribution >= 4 is 12.4 Å². The van der Waals surface area contributed by atoms with Gasteiger partial charge < -0.3 is 19.9 Å². The second-order valence-corrected chi connectivity index (χ2v) is 5.31. The highest BCUT2D eigenvalue weighted by Gasteiger charge is 2.12. The van der Waals surface area contributed by atoms with E-state index in [0.717, 1.165) is 5.56 Å². The van der Waals surface area contributed by atoms with Crippen LogP contribution in [-0.4, -0.2) is 24.9 Å². The molecule has 6 heteroatoms. The molecule has 24 heavy (non-hydrogen) atoms. The van der Waals surface area contributed by atoms with Gasteiger partial charge in [0, 0.05) is 24.2 Å². The minimum absolute atomic E-state index is 0. The molecule has 0 saturated carbocycles. The summed E-state index contributed by atoms with van der Waals surface area (Å²) >= 11 is 0. The fourth-order valence-corrected chi connectivity index (χ4v) is 2.21. The van der Waals surface area contributed by atoms with Crippen molar-refractivity contribution in [3.63, 3.8) is 0 Å². The maximum Gasteiger partial charge on any atom is 0.166 e. The van der Waals surface area contributed by atoms with Crippen LogP contribution in [0.1, 0.15) is 18.1 Å². The molecule has 4 nitrogen and oxygen atoms in total. The molecule has 0 spiro atoms. The van der Waals surface area contributed by atoms with Gasteiger partial charge in [0.1, 0.15) is 12.4 Å². The Morgan fingerprint density at radius 2 is 1.83 bits per heavy atom. The second-order valence-electron chi connectivity index (χ2n) is 5.31. The first-order valence-corrected chi connectivity index (χ1v) is 7.52. The largest absolute Gasteiger partial charge is 0.493 e. The highest BCUT2D eigenvalue weighted by atomic mass is 35.5. The third-order valence-corrected chi connectivity index (χ3v) is 3.37. The summed E-state index contributed by atoms with van der Waals surface area (Å²) in [6, 6.07) is 12.1. The van der Waals surface area contributed by atoms with Gasteiger partial charge in [0.25, 0.3) is 0 Å². The zero-order valence-corrected chi connectivity index (χ0v) is 14.6. The highest BCUT2D eigenvalue weighted by molar-refractivity contribution is 5.85. The van der Waals surface area contributed by atoms with E-state index in [1.54, 1.807) is 38.3 Å². The molecule has 0 heterocycles. The van der Waals surface area contributed by atoms with E-state index >= 15 is 0 Å². The number of para-hydroxylation sites is 1. The van der Waals surface area contributed by atoms with Crippen LogP contribution in [0.3, 0.4) is 0 Å². The second kappa shape index (κ2) is 10.1. The molecular weight excluding hydrogens is 333 g/mol. The van der Waals surface area contributed by atoms with Crippen molar-refractivity contribution in [2.45, 2.75) is 26.2 Å². The van der Waals surface area contributed by atoms with Crippen LogP contribution in [0.15, 0.2) is 42.5 Å². The number of hydrogen-bond acceptors (Lipinski definition) is 4. The van der Waals surface area contributed by atoms with E-state index in [1.165, 1.54) is 6.07 Å². The van der Waals surface area contributed by atoms with Gasteiger partial charge in [-0.25, -0.2) is 4.39 Å². The summed E-state index contributed by atoms with van der Waals surface area (Å²) in [5, 5.41) is 12.5. The minimum atomic E-state index is -0.427. The Morgan fingerprint density at radius 1 is 1.12 bits per heavy atom. The van der Waals surface area contributed by atoms with Gasteiger partial charge >= 0.3 is 0 Å². The van der Waals surface area contributed by atoms with Gasteiger partial charge in [0.05, 0.1) is 13.2 Å². The third-order valence-electron chi connectivity index (χ3n) is 3.37. The predicted molar refractivity (Wildman–Crippen MR) is 94.4 cm³/mol. The standard InChI is InChI=1S/C18H22FNO3.ClH/c1-13(21)10-20-11-14-7-5-9-17(22-2)18(14)23-12-15-6-3-4-8-16(15)19;/h3-9,13,20-21H,10-12H2,1-2H3;1H. The van der Waals surface area contributed by atoms with Crippen LogP contribution >= 0.6 is 12.4 Å². The molecule has 1 unspecified atom stereocenters. The number of aliphatic hydroxyl groups is 1. The number of halogens is 2. The molecule has 0 aliphatic rings. The van der Waals surface area contributed by atoms with Crippen LogP contribution in [0.2, 0.25) is 0 Å². The molecule has 2 rings (SSSR count). The molecule has 2 aromatic rings. The predicted octanol–water partition coefficient (Wildman–Crippen LogP) is 3.31. The lowest BCUT2D eigenvalue weighted by molar-refractivity contribution is 0.190. The molecule has 0 aliphatic carbocycles. The first-order valence-electron chi connectivity index (χ1n) is 7.52. The Balaban J connectivity index is 0.00000288. The Bertz CT molecular complexity index is 637. The maximum absolute atomic E-state index is 13.7. The average Bonchev–Trinajstić information content (AvgIpc) is 2.54. The number of aliphatic hydroxyl groups excluding tert-OH is 1. The fourth-order valence-electron chi connectivity index (χ4n) is 2.21. The Labute approximate surface area is 148 Å². The topological polar surface area (TPSA) is 50.7 Å². The summed E-state index contributed by atoms with van der Waals surface area (Å²) in [7, 11) is 1.57. The number of methoxy groups -OCH3 is 1. The summed E-state index contributed by atoms with van der Waals surface area (Å²) in [6.07, 6.45) is -0.427. The lowest BCUT2D eigenvalue weighted by atomic mass is 10.1. The zero-order chi connectivity index (χ0) is 16.7. The summed E-state index contributed by atoms with van der Waals surface area (Å²) in [5.41, 5.74) is 1.38. The first-order chi connectivity index (χ1) is 11.1. The van der Waals surface area contributed by atoms with Gasteiger partial charge in [-0.1, -0.05) is 30.3 Å². The molecular formula is C18H23ClFNO3. The molecule has 1 atom stereocenters. The highest BCUT2D eigenvalue weighted by Crippen LogP contribution is 2.32. The first kappa shape index (κ1) is 20.2. The molecule has 0 aliphatic heterocycles. The monoisotopic (exact) mass is 355 g/mol. The number of rotatable bonds is 8. The summed E-state index contributed by atoms with van der Waals surface area (Å²) in [6.45, 7) is 2.84. The maximum atomic E-state index is 13.7. The van der Waals surface area contributed by atoms with Gasteiger partial charge in [-0.3, -0.25) is 0 Å². The van der Waals surface area contributed by atoms with E-state index in [-0.39, 0.29) is 24.8 Å². The van der Waals surface area contributed by atoms with E-state index in [1.807, 2.05) is 12.1 Å². The minimum Gasteiger partial charge on any atom is -0.493 e. The van der Waals surface area contributed by atoms with Crippen LogP contribution in [0.25, 0.3) is 0 Å². The van der Waals surface area contributed by atoms with Crippen LogP contribution in [0, 0.1) is 5.82 Å². The molecule has 0 fully saturated rings. The third kappa shape index (κ3) is 5.67. The molecule has 0 saturated heterocycles. The summed E-state index contributed by atoms with van der Waals surface area (Å²) in [4.78, 5) is 0. The van der Waals surface area contributed by atoms with Crippen molar-refractivity contribution in [3.8, 4) is 11.5 Å². The quantitative estimate of drug-likeness (QED) is 0.762. The van der Waals surface area contributed by atoms with Crippen LogP contribution < -0.4 is 14.8 Å². The lowest BCUT2D eigenvalue weighted by Crippen LogP contribution is -2.24. The Morgan fingerprint density at radius 3 is 2.50 bits per heavy atom. The summed E-state index contributed by atoms with van der Waals surface area (Å²) in [5.74, 6) is 0.880. The molecule has 0 aromatic heterocycles. The van der Waals surface area contributed by atoms with E-state index in [4.69, 9.17) is 9.47 Å². The number of nitrogens with one attached hydrogen (secondary N) is 1. The van der Waals surface area contributed by atoms with Crippen molar-refractivity contribution in [3.05, 3.63) is 59.4 Å². The van der Waals surface area contributed by atoms with Crippen molar-refractivity contribution in [2.24, 2.45) is 0 Å². The molecule has 0 bridgehead atoms. The van der Waals surface area contributed by atoms with Crippen molar-refractivity contribution in [2.75, 3.05) is 13.7 Å². The van der Waals surface area contributed by atoms with Gasteiger partial charge in [0.2, 0.25) is 0 Å². The van der Waals surface area contributed by atoms with Crippen LogP contribution in [0.5, 0.6) is 11.5 Å². The van der Waals surface area contributed by atoms with Gasteiger partial charge in [-0.15, -0.1) is 12.4 Å². The normalized spacial score (nSPS) is 11.5. The molecule has 2 N–H and O–H groups in total. The Kier molecular flexibility index (Phi) is 8.54.